The van der Waals surface area contributed by atoms with E-state index in [1.807, 2.05) is 30.3 Å². The predicted molar refractivity (Wildman–Crippen MR) is 95.8 cm³/mol. The molecular formula is C20H29NO4. The van der Waals surface area contributed by atoms with Crippen LogP contribution in [0.1, 0.15) is 39.2 Å². The van der Waals surface area contributed by atoms with Crippen LogP contribution in [-0.2, 0) is 16.0 Å². The van der Waals surface area contributed by atoms with Gasteiger partial charge in [-0.25, -0.2) is 0 Å². The molecule has 1 aliphatic rings. The molecule has 1 saturated carbocycles. The van der Waals surface area contributed by atoms with Crippen LogP contribution in [-0.4, -0.2) is 40.7 Å². The predicted octanol–water partition coefficient (Wildman–Crippen LogP) is 1.71. The van der Waals surface area contributed by atoms with Crippen molar-refractivity contribution in [1.29, 1.82) is 0 Å². The number of nitrogens with one attached hydrogen (secondary N) is 1. The number of carbonyl (C=O) groups excluding carboxylic acids is 2. The third-order valence-corrected chi connectivity index (χ3v) is 5.24. The summed E-state index contributed by atoms with van der Waals surface area (Å²) < 4.78 is 0. The lowest BCUT2D eigenvalue weighted by molar-refractivity contribution is -0.133. The first-order chi connectivity index (χ1) is 11.8. The van der Waals surface area contributed by atoms with Crippen molar-refractivity contribution >= 4 is 11.7 Å². The van der Waals surface area contributed by atoms with Gasteiger partial charge < -0.3 is 15.5 Å². The van der Waals surface area contributed by atoms with Gasteiger partial charge in [-0.3, -0.25) is 9.59 Å². The van der Waals surface area contributed by atoms with Crippen LogP contribution in [0, 0.1) is 17.3 Å². The third kappa shape index (κ3) is 5.13. The summed E-state index contributed by atoms with van der Waals surface area (Å²) in [6.07, 6.45) is 0.723. The fraction of sp³-hybridized carbons (Fsp3) is 0.600. The normalized spacial score (nSPS) is 22.1. The number of carbonyl (C=O) groups is 2. The van der Waals surface area contributed by atoms with E-state index >= 15 is 0 Å². The maximum Gasteiger partial charge on any atom is 0.249 e. The Balaban J connectivity index is 2.09. The number of benzene rings is 1. The van der Waals surface area contributed by atoms with Crippen LogP contribution in [0.3, 0.4) is 0 Å². The van der Waals surface area contributed by atoms with Crippen molar-refractivity contribution in [3.63, 3.8) is 0 Å². The zero-order valence-electron chi connectivity index (χ0n) is 15.2. The van der Waals surface area contributed by atoms with E-state index in [4.69, 9.17) is 0 Å². The molecule has 2 rings (SSSR count). The van der Waals surface area contributed by atoms with Gasteiger partial charge in [0.05, 0.1) is 6.04 Å². The second kappa shape index (κ2) is 8.11. The lowest BCUT2D eigenvalue weighted by Crippen LogP contribution is -2.47. The third-order valence-electron chi connectivity index (χ3n) is 5.24. The quantitative estimate of drug-likeness (QED) is 0.635. The van der Waals surface area contributed by atoms with E-state index in [2.05, 4.69) is 19.2 Å². The molecule has 5 nitrogen and oxygen atoms in total. The van der Waals surface area contributed by atoms with Crippen LogP contribution in [0.5, 0.6) is 0 Å². The first kappa shape index (κ1) is 19.6. The first-order valence-corrected chi connectivity index (χ1v) is 8.93. The molecule has 1 aromatic rings. The van der Waals surface area contributed by atoms with Crippen molar-refractivity contribution in [2.75, 3.05) is 6.61 Å². The van der Waals surface area contributed by atoms with Gasteiger partial charge in [-0.1, -0.05) is 44.2 Å². The second-order valence-corrected chi connectivity index (χ2v) is 7.74. The Kier molecular flexibility index (Phi) is 6.36. The summed E-state index contributed by atoms with van der Waals surface area (Å²) in [5.74, 6) is -0.367. The molecule has 0 aliphatic heterocycles. The van der Waals surface area contributed by atoms with Gasteiger partial charge in [0.15, 0.2) is 5.78 Å². The Bertz CT molecular complexity index is 597. The van der Waals surface area contributed by atoms with Crippen molar-refractivity contribution in [3.8, 4) is 0 Å². The lowest BCUT2D eigenvalue weighted by atomic mass is 9.82. The number of hydrogen-bond acceptors (Lipinski definition) is 4. The Morgan fingerprint density at radius 3 is 2.48 bits per heavy atom. The van der Waals surface area contributed by atoms with Crippen LogP contribution in [0.2, 0.25) is 0 Å². The summed E-state index contributed by atoms with van der Waals surface area (Å²) >= 11 is 0. The molecule has 1 amide bonds. The number of ketones is 1. The topological polar surface area (TPSA) is 86.6 Å². The molecule has 25 heavy (non-hydrogen) atoms. The Labute approximate surface area is 149 Å². The minimum absolute atomic E-state index is 0.0221. The zero-order chi connectivity index (χ0) is 18.6. The Morgan fingerprint density at radius 2 is 1.92 bits per heavy atom. The van der Waals surface area contributed by atoms with Gasteiger partial charge in [0.2, 0.25) is 5.91 Å². The number of amides is 1. The van der Waals surface area contributed by atoms with Crippen LogP contribution in [0.4, 0.5) is 0 Å². The largest absolute Gasteiger partial charge is 0.396 e. The van der Waals surface area contributed by atoms with E-state index in [0.29, 0.717) is 12.8 Å². The SMILES string of the molecule is CC(O)C(=O)NC(Cc1ccccc1)C(=O)C1CC1C(C)(C)CCO. The number of rotatable bonds is 9. The van der Waals surface area contributed by atoms with Gasteiger partial charge in [-0.05, 0) is 43.1 Å². The van der Waals surface area contributed by atoms with Gasteiger partial charge in [-0.15, -0.1) is 0 Å². The van der Waals surface area contributed by atoms with Crippen molar-refractivity contribution in [2.45, 2.75) is 52.2 Å². The number of aliphatic hydroxyl groups excluding tert-OH is 2. The van der Waals surface area contributed by atoms with E-state index in [-0.39, 0.29) is 29.6 Å². The van der Waals surface area contributed by atoms with Gasteiger partial charge in [0.25, 0.3) is 0 Å². The highest BCUT2D eigenvalue weighted by Crippen LogP contribution is 2.53. The zero-order valence-corrected chi connectivity index (χ0v) is 15.2. The molecule has 138 valence electrons. The number of hydrogen-bond donors (Lipinski definition) is 3. The van der Waals surface area contributed by atoms with Crippen LogP contribution < -0.4 is 5.32 Å². The van der Waals surface area contributed by atoms with Gasteiger partial charge >= 0.3 is 0 Å². The molecule has 4 unspecified atom stereocenters. The minimum Gasteiger partial charge on any atom is -0.396 e. The van der Waals surface area contributed by atoms with Gasteiger partial charge in [0, 0.05) is 12.5 Å². The summed E-state index contributed by atoms with van der Waals surface area (Å²) in [6.45, 7) is 5.64. The maximum atomic E-state index is 13.0. The Hall–Kier alpha value is -1.72. The fourth-order valence-electron chi connectivity index (χ4n) is 3.47. The molecule has 5 heteroatoms. The fourth-order valence-corrected chi connectivity index (χ4v) is 3.47. The second-order valence-electron chi connectivity index (χ2n) is 7.74. The van der Waals surface area contributed by atoms with Crippen molar-refractivity contribution in [3.05, 3.63) is 35.9 Å². The number of aliphatic hydroxyl groups is 2. The summed E-state index contributed by atoms with van der Waals surface area (Å²) in [5.41, 5.74) is 0.874. The highest BCUT2D eigenvalue weighted by Gasteiger charge is 2.52. The van der Waals surface area contributed by atoms with E-state index in [9.17, 15) is 19.8 Å². The van der Waals surface area contributed by atoms with Crippen molar-refractivity contribution < 1.29 is 19.8 Å². The molecule has 0 saturated heterocycles. The Morgan fingerprint density at radius 1 is 1.28 bits per heavy atom. The molecule has 1 fully saturated rings. The van der Waals surface area contributed by atoms with Gasteiger partial charge in [-0.2, -0.15) is 0 Å². The molecule has 4 atom stereocenters. The molecule has 0 aromatic heterocycles. The summed E-state index contributed by atoms with van der Waals surface area (Å²) in [7, 11) is 0. The molecule has 3 N–H and O–H groups in total. The molecule has 1 aliphatic carbocycles. The van der Waals surface area contributed by atoms with Crippen molar-refractivity contribution in [1.82, 2.24) is 5.32 Å². The molecular weight excluding hydrogens is 318 g/mol. The summed E-state index contributed by atoms with van der Waals surface area (Å²) in [6, 6.07) is 8.92. The van der Waals surface area contributed by atoms with E-state index < -0.39 is 18.1 Å². The highest BCUT2D eigenvalue weighted by molar-refractivity contribution is 5.93. The highest BCUT2D eigenvalue weighted by atomic mass is 16.3. The smallest absolute Gasteiger partial charge is 0.249 e. The van der Waals surface area contributed by atoms with E-state index in [0.717, 1.165) is 12.0 Å². The van der Waals surface area contributed by atoms with E-state index in [1.165, 1.54) is 6.92 Å². The maximum absolute atomic E-state index is 13.0. The first-order valence-electron chi connectivity index (χ1n) is 8.93. The average Bonchev–Trinajstić information content (AvgIpc) is 3.35. The molecule has 0 heterocycles. The van der Waals surface area contributed by atoms with E-state index in [1.54, 1.807) is 0 Å². The lowest BCUT2D eigenvalue weighted by Gasteiger charge is -2.25. The van der Waals surface area contributed by atoms with Crippen molar-refractivity contribution in [2.24, 2.45) is 17.3 Å². The van der Waals surface area contributed by atoms with Gasteiger partial charge in [0.1, 0.15) is 6.10 Å². The van der Waals surface area contributed by atoms with Crippen LogP contribution in [0.15, 0.2) is 30.3 Å². The molecule has 1 aromatic carbocycles. The number of Topliss-reactive ketones (excluding diaryl/α,β-unsaturated/α-hetero) is 1. The summed E-state index contributed by atoms with van der Waals surface area (Å²) in [5, 5.41) is 21.4. The average molecular weight is 347 g/mol. The minimum atomic E-state index is -1.15. The summed E-state index contributed by atoms with van der Waals surface area (Å²) in [4.78, 5) is 24.9. The monoisotopic (exact) mass is 347 g/mol. The van der Waals surface area contributed by atoms with Crippen LogP contribution >= 0.6 is 0 Å². The standard InChI is InChI=1S/C20H29NO4/c1-13(23)19(25)21-17(11-14-7-5-4-6-8-14)18(24)15-12-16(15)20(2,3)9-10-22/h4-8,13,15-17,22-23H,9-12H2,1-3H3,(H,21,25). The molecule has 0 radical (unpaired) electrons. The molecule has 0 bridgehead atoms. The molecule has 0 spiro atoms. The van der Waals surface area contributed by atoms with Crippen LogP contribution in [0.25, 0.3) is 0 Å².